The Morgan fingerprint density at radius 1 is 0.674 bits per heavy atom. The smallest absolute Gasteiger partial charge is 0.191 e. The van der Waals surface area contributed by atoms with Crippen molar-refractivity contribution in [1.29, 1.82) is 0 Å². The first-order chi connectivity index (χ1) is 20.4. The van der Waals surface area contributed by atoms with E-state index in [0.29, 0.717) is 17.3 Å². The average molecular weight is 817 g/mol. The van der Waals surface area contributed by atoms with Gasteiger partial charge >= 0.3 is 0 Å². The van der Waals surface area contributed by atoms with E-state index in [1.165, 1.54) is 48.5 Å². The zero-order chi connectivity index (χ0) is 32.4. The van der Waals surface area contributed by atoms with Crippen molar-refractivity contribution in [1.82, 2.24) is 0 Å². The zero-order valence-electron chi connectivity index (χ0n) is 25.1. The molecule has 0 aliphatic heterocycles. The third kappa shape index (κ3) is 16.3. The molecule has 4 aromatic rings. The Morgan fingerprint density at radius 2 is 1.23 bits per heavy atom. The van der Waals surface area contributed by atoms with Gasteiger partial charge in [0.05, 0.1) is 32.8 Å². The van der Waals surface area contributed by atoms with Crippen LogP contribution in [0.25, 0.3) is 4.85 Å². The van der Waals surface area contributed by atoms with Gasteiger partial charge in [-0.3, -0.25) is 0 Å². The molecule has 0 fully saturated rings. The van der Waals surface area contributed by atoms with E-state index in [9.17, 15) is 0 Å². The van der Waals surface area contributed by atoms with Crippen LogP contribution in [0.4, 0.5) is 5.69 Å². The molecule has 4 aromatic carbocycles. The van der Waals surface area contributed by atoms with Gasteiger partial charge in [0.25, 0.3) is 0 Å². The van der Waals surface area contributed by atoms with Crippen LogP contribution in [0, 0.1) is 41.2 Å². The average Bonchev–Trinajstić information content (AvgIpc) is 2.98. The van der Waals surface area contributed by atoms with Crippen LogP contribution in [-0.4, -0.2) is 14.2 Å². The number of rotatable bonds is 6. The van der Waals surface area contributed by atoms with Crippen LogP contribution in [-0.2, 0) is 25.6 Å². The summed E-state index contributed by atoms with van der Waals surface area (Å²) in [5.74, 6) is 0. The molecule has 0 saturated heterocycles. The van der Waals surface area contributed by atoms with E-state index in [4.69, 9.17) is 27.4 Å². The molecule has 230 valence electrons. The summed E-state index contributed by atoms with van der Waals surface area (Å²) in [6.45, 7) is 17.4. The van der Waals surface area contributed by atoms with Gasteiger partial charge in [0.15, 0.2) is 5.69 Å². The van der Waals surface area contributed by atoms with E-state index < -0.39 is 0 Å². The third-order valence-electron chi connectivity index (χ3n) is 5.75. The van der Waals surface area contributed by atoms with Crippen molar-refractivity contribution < 1.29 is 19.0 Å². The fourth-order valence-electron chi connectivity index (χ4n) is 3.06. The standard InChI is InChI=1S/C9H11BrO2.C8H9BrO2S.C8H9Br.C8H6ClN/c1-7-3-4-9(10)5-8(7)6-12-11-2;1-6-3-4-7(9)5-8(6)12-11-10-2;1-6-3-4-8(9)5-7(6)2;1-6-3-4-7(9)5-8(6)10-2/h3-5H,6H2,1-2H3;3-5H,1-2H3;3-5H,1-2H3;3-5H,1H3. The van der Waals surface area contributed by atoms with E-state index >= 15 is 0 Å². The summed E-state index contributed by atoms with van der Waals surface area (Å²) in [6.07, 6.45) is 0. The molecule has 4 rings (SSSR count). The topological polar surface area (TPSA) is 41.3 Å². The maximum Gasteiger partial charge on any atom is 0.191 e. The highest BCUT2D eigenvalue weighted by Gasteiger charge is 2.01. The van der Waals surface area contributed by atoms with Crippen LogP contribution in [0.3, 0.4) is 0 Å². The highest BCUT2D eigenvalue weighted by atomic mass is 79.9. The van der Waals surface area contributed by atoms with Crippen LogP contribution in [0.15, 0.2) is 91.1 Å². The summed E-state index contributed by atoms with van der Waals surface area (Å²) < 4.78 is 8.00. The quantitative estimate of drug-likeness (QED) is 0.0839. The summed E-state index contributed by atoms with van der Waals surface area (Å²) in [6, 6.07) is 23.7. The molecule has 0 aliphatic carbocycles. The molecule has 0 unspecified atom stereocenters. The van der Waals surface area contributed by atoms with Gasteiger partial charge in [0.2, 0.25) is 0 Å². The van der Waals surface area contributed by atoms with Crippen LogP contribution in [0.5, 0.6) is 0 Å². The summed E-state index contributed by atoms with van der Waals surface area (Å²) >= 11 is 17.0. The molecule has 0 N–H and O–H groups in total. The maximum atomic E-state index is 6.75. The third-order valence-corrected chi connectivity index (χ3v) is 8.28. The van der Waals surface area contributed by atoms with Crippen LogP contribution >= 0.6 is 71.4 Å². The van der Waals surface area contributed by atoms with Gasteiger partial charge in [-0.05, 0) is 117 Å². The zero-order valence-corrected chi connectivity index (χ0v) is 31.5. The molecule has 0 saturated carbocycles. The second-order valence-electron chi connectivity index (χ2n) is 9.00. The van der Waals surface area contributed by atoms with Gasteiger partial charge in [-0.1, -0.05) is 83.7 Å². The minimum Gasteiger partial charge on any atom is -0.240 e. The predicted molar refractivity (Wildman–Crippen MR) is 190 cm³/mol. The Labute approximate surface area is 290 Å². The minimum absolute atomic E-state index is 0.488. The lowest BCUT2D eigenvalue weighted by Gasteiger charge is -2.04. The van der Waals surface area contributed by atoms with Gasteiger partial charge in [-0.2, -0.15) is 4.33 Å². The lowest BCUT2D eigenvalue weighted by Crippen LogP contribution is -1.93. The van der Waals surface area contributed by atoms with E-state index in [0.717, 1.165) is 29.4 Å². The van der Waals surface area contributed by atoms with Gasteiger partial charge in [-0.15, -0.1) is 0 Å². The second-order valence-corrected chi connectivity index (χ2v) is 12.9. The Morgan fingerprint density at radius 3 is 1.77 bits per heavy atom. The molecule has 0 aliphatic rings. The predicted octanol–water partition coefficient (Wildman–Crippen LogP) is 12.4. The highest BCUT2D eigenvalue weighted by molar-refractivity contribution is 9.11. The summed E-state index contributed by atoms with van der Waals surface area (Å²) in [5.41, 5.74) is 7.79. The van der Waals surface area contributed by atoms with Crippen molar-refractivity contribution >= 4 is 77.1 Å². The molecule has 0 radical (unpaired) electrons. The first kappa shape index (κ1) is 39.3. The fourth-order valence-corrected chi connectivity index (χ4v) is 5.14. The van der Waals surface area contributed by atoms with E-state index in [1.807, 2.05) is 63.2 Å². The van der Waals surface area contributed by atoms with Crippen LogP contribution in [0.1, 0.15) is 33.4 Å². The van der Waals surface area contributed by atoms with Gasteiger partial charge in [0.1, 0.15) is 6.61 Å². The van der Waals surface area contributed by atoms with Crippen molar-refractivity contribution in [2.45, 2.75) is 46.1 Å². The van der Waals surface area contributed by atoms with Crippen LogP contribution in [0.2, 0.25) is 5.02 Å². The number of halogens is 4. The van der Waals surface area contributed by atoms with Crippen molar-refractivity contribution in [3.63, 3.8) is 0 Å². The Hall–Kier alpha value is -1.71. The van der Waals surface area contributed by atoms with Crippen LogP contribution < -0.4 is 0 Å². The summed E-state index contributed by atoms with van der Waals surface area (Å²) in [7, 11) is 2.99. The van der Waals surface area contributed by atoms with Gasteiger partial charge in [-0.25, -0.2) is 19.5 Å². The molecule has 0 bridgehead atoms. The van der Waals surface area contributed by atoms with Crippen molar-refractivity contribution in [2.75, 3.05) is 14.2 Å². The molecule has 43 heavy (non-hydrogen) atoms. The number of aryl methyl sites for hydroxylation is 5. The number of hydrogen-bond acceptors (Lipinski definition) is 5. The monoisotopic (exact) mass is 813 g/mol. The van der Waals surface area contributed by atoms with Crippen molar-refractivity contribution in [2.24, 2.45) is 0 Å². The van der Waals surface area contributed by atoms with E-state index in [1.54, 1.807) is 12.1 Å². The number of hydrogen-bond donors (Lipinski definition) is 0. The number of benzene rings is 4. The molecular weight excluding hydrogens is 782 g/mol. The summed E-state index contributed by atoms with van der Waals surface area (Å²) in [5, 5.41) is 0.622. The Balaban J connectivity index is 0.000000289. The molecule has 0 atom stereocenters. The Bertz CT molecular complexity index is 1430. The normalized spacial score (nSPS) is 9.81. The fraction of sp³-hybridized carbons (Fsp3) is 0.242. The lowest BCUT2D eigenvalue weighted by atomic mass is 10.1. The minimum atomic E-state index is 0.488. The van der Waals surface area contributed by atoms with E-state index in [-0.39, 0.29) is 0 Å². The first-order valence-electron chi connectivity index (χ1n) is 12.8. The van der Waals surface area contributed by atoms with Crippen molar-refractivity contribution in [3.8, 4) is 0 Å². The second kappa shape index (κ2) is 21.9. The molecule has 5 nitrogen and oxygen atoms in total. The van der Waals surface area contributed by atoms with E-state index in [2.05, 4.69) is 94.5 Å². The molecular formula is C33H35Br3ClNO4S. The Kier molecular flexibility index (Phi) is 20.0. The van der Waals surface area contributed by atoms with Gasteiger partial charge in [0, 0.05) is 23.3 Å². The first-order valence-corrected chi connectivity index (χ1v) is 16.3. The van der Waals surface area contributed by atoms with Crippen molar-refractivity contribution in [3.05, 3.63) is 136 Å². The highest BCUT2D eigenvalue weighted by Crippen LogP contribution is 2.26. The molecule has 0 amide bonds. The van der Waals surface area contributed by atoms with Gasteiger partial charge < -0.3 is 0 Å². The number of nitrogens with zero attached hydrogens (tertiary/aromatic N) is 1. The summed E-state index contributed by atoms with van der Waals surface area (Å²) in [4.78, 5) is 18.2. The maximum absolute atomic E-state index is 6.75. The molecule has 10 heteroatoms. The SMILES string of the molecule is COOCc1cc(Br)ccc1C.COOSc1cc(Br)ccc1C.Cc1ccc(Br)cc1C.[C-]#[N+]c1cc(Cl)ccc1C. The molecule has 0 heterocycles. The molecule has 0 spiro atoms. The lowest BCUT2D eigenvalue weighted by molar-refractivity contribution is -0.282. The largest absolute Gasteiger partial charge is 0.240 e. The molecule has 0 aromatic heterocycles.